The molecule has 0 bridgehead atoms. The summed E-state index contributed by atoms with van der Waals surface area (Å²) in [5, 5.41) is 0.677. The van der Waals surface area contributed by atoms with E-state index in [0.717, 1.165) is 18.0 Å². The Balaban J connectivity index is 1.42. The van der Waals surface area contributed by atoms with Gasteiger partial charge in [-0.05, 0) is 55.0 Å². The van der Waals surface area contributed by atoms with Crippen LogP contribution in [0.1, 0.15) is 22.6 Å². The zero-order valence-electron chi connectivity index (χ0n) is 16.5. The number of halogens is 1. The molecule has 152 valence electrons. The van der Waals surface area contributed by atoms with Gasteiger partial charge in [0.05, 0.1) is 6.61 Å². The van der Waals surface area contributed by atoms with Gasteiger partial charge in [0.15, 0.2) is 0 Å². The minimum absolute atomic E-state index is 0.0351. The molecule has 0 radical (unpaired) electrons. The fraction of sp³-hybridized carbons (Fsp3) is 0.273. The second kappa shape index (κ2) is 9.98. The number of rotatable bonds is 9. The highest BCUT2D eigenvalue weighted by molar-refractivity contribution is 6.30. The van der Waals surface area contributed by atoms with E-state index in [1.807, 2.05) is 29.9 Å². The molecule has 6 nitrogen and oxygen atoms in total. The summed E-state index contributed by atoms with van der Waals surface area (Å²) in [5.41, 5.74) is 0.621. The number of aromatic nitrogens is 2. The fourth-order valence-corrected chi connectivity index (χ4v) is 2.85. The zero-order chi connectivity index (χ0) is 20.6. The summed E-state index contributed by atoms with van der Waals surface area (Å²) < 4.78 is 13.3. The predicted molar refractivity (Wildman–Crippen MR) is 113 cm³/mol. The third-order valence-corrected chi connectivity index (χ3v) is 4.71. The molecule has 0 saturated heterocycles. The Bertz CT molecular complexity index is 923. The molecular formula is C22H24ClN3O3. The van der Waals surface area contributed by atoms with Crippen LogP contribution < -0.4 is 9.47 Å². The summed E-state index contributed by atoms with van der Waals surface area (Å²) in [6.45, 7) is 1.51. The van der Waals surface area contributed by atoms with Gasteiger partial charge in [0.1, 0.15) is 23.9 Å². The van der Waals surface area contributed by atoms with Gasteiger partial charge < -0.3 is 18.9 Å². The number of nitrogens with zero attached hydrogens (tertiary/aromatic N) is 3. The van der Waals surface area contributed by atoms with Crippen LogP contribution in [0.25, 0.3) is 0 Å². The Morgan fingerprint density at radius 1 is 1.07 bits per heavy atom. The number of amides is 1. The first kappa shape index (κ1) is 20.7. The highest BCUT2D eigenvalue weighted by atomic mass is 35.5. The first-order chi connectivity index (χ1) is 14.0. The lowest BCUT2D eigenvalue weighted by atomic mass is 10.2. The Labute approximate surface area is 175 Å². The van der Waals surface area contributed by atoms with Crippen LogP contribution in [0, 0.1) is 0 Å². The molecule has 3 rings (SSSR count). The summed E-state index contributed by atoms with van der Waals surface area (Å²) in [7, 11) is 3.71. The number of carbonyl (C=O) groups excluding carboxylic acids is 1. The number of hydrogen-bond donors (Lipinski definition) is 0. The number of hydrogen-bond acceptors (Lipinski definition) is 4. The Morgan fingerprint density at radius 2 is 1.72 bits per heavy atom. The van der Waals surface area contributed by atoms with Crippen LogP contribution in [0.15, 0.2) is 60.9 Å². The van der Waals surface area contributed by atoms with Gasteiger partial charge in [-0.25, -0.2) is 4.98 Å². The number of carbonyl (C=O) groups is 1. The molecule has 0 aliphatic rings. The van der Waals surface area contributed by atoms with Crippen molar-refractivity contribution < 1.29 is 14.3 Å². The van der Waals surface area contributed by atoms with Crippen molar-refractivity contribution in [3.05, 3.63) is 77.3 Å². The van der Waals surface area contributed by atoms with Crippen LogP contribution in [0.2, 0.25) is 5.02 Å². The maximum absolute atomic E-state index is 12.6. The van der Waals surface area contributed by atoms with Crippen molar-refractivity contribution in [2.24, 2.45) is 7.05 Å². The molecule has 0 aliphatic carbocycles. The van der Waals surface area contributed by atoms with Crippen LogP contribution in [-0.2, 0) is 13.7 Å². The molecule has 0 saturated carbocycles. The fourth-order valence-electron chi connectivity index (χ4n) is 2.72. The van der Waals surface area contributed by atoms with E-state index in [0.29, 0.717) is 36.1 Å². The quantitative estimate of drug-likeness (QED) is 0.493. The average molecular weight is 414 g/mol. The number of benzene rings is 2. The zero-order valence-corrected chi connectivity index (χ0v) is 17.3. The van der Waals surface area contributed by atoms with Crippen molar-refractivity contribution in [3.63, 3.8) is 0 Å². The van der Waals surface area contributed by atoms with Gasteiger partial charge in [-0.2, -0.15) is 0 Å². The second-order valence-corrected chi connectivity index (χ2v) is 7.09. The Hall–Kier alpha value is -2.99. The molecule has 0 N–H and O–H groups in total. The molecule has 0 fully saturated rings. The monoisotopic (exact) mass is 413 g/mol. The van der Waals surface area contributed by atoms with E-state index >= 15 is 0 Å². The van der Waals surface area contributed by atoms with E-state index < -0.39 is 0 Å². The van der Waals surface area contributed by atoms with Crippen LogP contribution >= 0.6 is 11.6 Å². The molecule has 0 aliphatic heterocycles. The summed E-state index contributed by atoms with van der Waals surface area (Å²) >= 11 is 5.85. The average Bonchev–Trinajstić information content (AvgIpc) is 3.15. The van der Waals surface area contributed by atoms with Gasteiger partial charge in [0, 0.05) is 43.6 Å². The topological polar surface area (TPSA) is 56.6 Å². The first-order valence-corrected chi connectivity index (χ1v) is 9.73. The van der Waals surface area contributed by atoms with E-state index in [2.05, 4.69) is 4.98 Å². The third kappa shape index (κ3) is 5.99. The molecule has 2 aromatic carbocycles. The molecule has 1 heterocycles. The molecule has 7 heteroatoms. The molecule has 0 unspecified atom stereocenters. The van der Waals surface area contributed by atoms with Crippen LogP contribution in [0.3, 0.4) is 0 Å². The standard InChI is InChI=1S/C22H24ClN3O3/c1-25-14-12-24-21(25)16-29-20-8-4-17(5-9-20)22(27)26(2)13-3-15-28-19-10-6-18(23)7-11-19/h4-12,14H,3,13,15-16H2,1-2H3. The third-order valence-electron chi connectivity index (χ3n) is 4.46. The van der Waals surface area contributed by atoms with E-state index in [4.69, 9.17) is 21.1 Å². The number of imidazole rings is 1. The minimum Gasteiger partial charge on any atom is -0.494 e. The SMILES string of the molecule is CN(CCCOc1ccc(Cl)cc1)C(=O)c1ccc(OCc2nccn2C)cc1. The van der Waals surface area contributed by atoms with Crippen molar-refractivity contribution in [1.29, 1.82) is 0 Å². The van der Waals surface area contributed by atoms with Gasteiger partial charge in [-0.1, -0.05) is 11.6 Å². The Morgan fingerprint density at radius 3 is 2.38 bits per heavy atom. The molecule has 3 aromatic rings. The maximum Gasteiger partial charge on any atom is 0.253 e. The van der Waals surface area contributed by atoms with E-state index in [1.54, 1.807) is 54.5 Å². The molecule has 0 atom stereocenters. The smallest absolute Gasteiger partial charge is 0.253 e. The number of aryl methyl sites for hydroxylation is 1. The summed E-state index contributed by atoms with van der Waals surface area (Å²) in [6, 6.07) is 14.4. The molecule has 1 aromatic heterocycles. The molecule has 1 amide bonds. The van der Waals surface area contributed by atoms with Crippen molar-refractivity contribution in [2.75, 3.05) is 20.2 Å². The molecular weight excluding hydrogens is 390 g/mol. The van der Waals surface area contributed by atoms with Crippen LogP contribution in [0.4, 0.5) is 0 Å². The normalized spacial score (nSPS) is 10.6. The highest BCUT2D eigenvalue weighted by Crippen LogP contribution is 2.16. The first-order valence-electron chi connectivity index (χ1n) is 9.36. The Kier molecular flexibility index (Phi) is 7.14. The van der Waals surface area contributed by atoms with Gasteiger partial charge in [-0.15, -0.1) is 0 Å². The minimum atomic E-state index is -0.0351. The lowest BCUT2D eigenvalue weighted by molar-refractivity contribution is 0.0788. The van der Waals surface area contributed by atoms with E-state index in [-0.39, 0.29) is 5.91 Å². The van der Waals surface area contributed by atoms with E-state index in [9.17, 15) is 4.79 Å². The lowest BCUT2D eigenvalue weighted by Gasteiger charge is -2.17. The van der Waals surface area contributed by atoms with Gasteiger partial charge in [0.2, 0.25) is 0 Å². The summed E-state index contributed by atoms with van der Waals surface area (Å²) in [5.74, 6) is 2.27. The van der Waals surface area contributed by atoms with Crippen LogP contribution in [0.5, 0.6) is 11.5 Å². The van der Waals surface area contributed by atoms with E-state index in [1.165, 1.54) is 0 Å². The largest absolute Gasteiger partial charge is 0.494 e. The van der Waals surface area contributed by atoms with Crippen molar-refractivity contribution in [1.82, 2.24) is 14.5 Å². The van der Waals surface area contributed by atoms with Crippen molar-refractivity contribution >= 4 is 17.5 Å². The summed E-state index contributed by atoms with van der Waals surface area (Å²) in [4.78, 5) is 18.5. The van der Waals surface area contributed by atoms with Gasteiger partial charge in [-0.3, -0.25) is 4.79 Å². The van der Waals surface area contributed by atoms with Crippen molar-refractivity contribution in [2.45, 2.75) is 13.0 Å². The summed E-state index contributed by atoms with van der Waals surface area (Å²) in [6.07, 6.45) is 4.34. The van der Waals surface area contributed by atoms with Gasteiger partial charge in [0.25, 0.3) is 5.91 Å². The van der Waals surface area contributed by atoms with Crippen LogP contribution in [-0.4, -0.2) is 40.6 Å². The molecule has 29 heavy (non-hydrogen) atoms. The number of ether oxygens (including phenoxy) is 2. The maximum atomic E-state index is 12.6. The lowest BCUT2D eigenvalue weighted by Crippen LogP contribution is -2.28. The molecule has 0 spiro atoms. The highest BCUT2D eigenvalue weighted by Gasteiger charge is 2.11. The van der Waals surface area contributed by atoms with Crippen molar-refractivity contribution in [3.8, 4) is 11.5 Å². The second-order valence-electron chi connectivity index (χ2n) is 6.65. The van der Waals surface area contributed by atoms with Gasteiger partial charge >= 0.3 is 0 Å². The predicted octanol–water partition coefficient (Wildman–Crippen LogP) is 4.19.